The van der Waals surface area contributed by atoms with Gasteiger partial charge >= 0.3 is 8.80 Å². The lowest BCUT2D eigenvalue weighted by atomic mass is 10.1. The molecule has 1 rings (SSSR count). The van der Waals surface area contributed by atoms with Crippen molar-refractivity contribution in [2.75, 3.05) is 25.6 Å². The van der Waals surface area contributed by atoms with E-state index in [0.717, 1.165) is 25.4 Å². The molecule has 0 aromatic carbocycles. The van der Waals surface area contributed by atoms with Crippen molar-refractivity contribution in [3.63, 3.8) is 0 Å². The van der Waals surface area contributed by atoms with Gasteiger partial charge in [-0.3, -0.25) is 4.68 Å². The second kappa shape index (κ2) is 14.1. The van der Waals surface area contributed by atoms with Gasteiger partial charge in [-0.1, -0.05) is 43.7 Å². The van der Waals surface area contributed by atoms with E-state index < -0.39 is 8.80 Å². The van der Waals surface area contributed by atoms with E-state index in [9.17, 15) is 0 Å². The van der Waals surface area contributed by atoms with Gasteiger partial charge in [0.1, 0.15) is 0 Å². The minimum Gasteiger partial charge on any atom is -0.381 e. The molecule has 0 aliphatic heterocycles. The maximum atomic E-state index is 5.90. The standard InChI is InChI=1S/C18H38N4O3Si/c1-4-23-26(24-5-2,25-6-3)16-14-12-10-8-7-9-11-13-15-22-17-18(19)20-21-22/h17H,4-16,19H2,1-3H3. The summed E-state index contributed by atoms with van der Waals surface area (Å²) >= 11 is 0. The van der Waals surface area contributed by atoms with E-state index in [2.05, 4.69) is 10.3 Å². The van der Waals surface area contributed by atoms with Crippen LogP contribution >= 0.6 is 0 Å². The highest BCUT2D eigenvalue weighted by atomic mass is 28.4. The zero-order chi connectivity index (χ0) is 19.1. The number of unbranched alkanes of at least 4 members (excludes halogenated alkanes) is 7. The number of nitrogen functional groups attached to an aromatic ring is 1. The monoisotopic (exact) mass is 386 g/mol. The van der Waals surface area contributed by atoms with E-state index >= 15 is 0 Å². The van der Waals surface area contributed by atoms with Crippen molar-refractivity contribution in [1.82, 2.24) is 15.0 Å². The van der Waals surface area contributed by atoms with Crippen LogP contribution < -0.4 is 5.73 Å². The van der Waals surface area contributed by atoms with Crippen LogP contribution in [-0.2, 0) is 19.8 Å². The molecule has 0 unspecified atom stereocenters. The molecule has 8 heteroatoms. The molecule has 2 N–H and O–H groups in total. The lowest BCUT2D eigenvalue weighted by Gasteiger charge is -2.28. The van der Waals surface area contributed by atoms with Gasteiger partial charge in [0.2, 0.25) is 0 Å². The van der Waals surface area contributed by atoms with E-state index in [4.69, 9.17) is 19.0 Å². The van der Waals surface area contributed by atoms with Gasteiger partial charge in [-0.2, -0.15) is 0 Å². The van der Waals surface area contributed by atoms with Crippen LogP contribution in [0.25, 0.3) is 0 Å². The van der Waals surface area contributed by atoms with Crippen molar-refractivity contribution in [2.45, 2.75) is 84.7 Å². The molecule has 0 bridgehead atoms. The molecule has 0 spiro atoms. The van der Waals surface area contributed by atoms with Gasteiger partial charge in [-0.05, 0) is 33.6 Å². The molecule has 1 aromatic rings. The van der Waals surface area contributed by atoms with Crippen LogP contribution in [0.1, 0.15) is 72.1 Å². The Morgan fingerprint density at radius 1 is 0.846 bits per heavy atom. The zero-order valence-electron chi connectivity index (χ0n) is 16.9. The number of rotatable bonds is 17. The minimum atomic E-state index is -2.43. The predicted octanol–water partition coefficient (Wildman–Crippen LogP) is 4.03. The van der Waals surface area contributed by atoms with Gasteiger partial charge in [-0.15, -0.1) is 5.10 Å². The molecular formula is C18H38N4O3Si. The Hall–Kier alpha value is -0.963. The van der Waals surface area contributed by atoms with Gasteiger partial charge in [0, 0.05) is 32.4 Å². The Morgan fingerprint density at radius 3 is 1.81 bits per heavy atom. The molecule has 0 saturated heterocycles. The first-order valence-electron chi connectivity index (χ1n) is 10.2. The van der Waals surface area contributed by atoms with Crippen LogP contribution in [0.15, 0.2) is 6.20 Å². The Morgan fingerprint density at radius 2 is 1.35 bits per heavy atom. The molecular weight excluding hydrogens is 348 g/mol. The maximum absolute atomic E-state index is 5.90. The highest BCUT2D eigenvalue weighted by Gasteiger charge is 2.39. The highest BCUT2D eigenvalue weighted by molar-refractivity contribution is 6.60. The van der Waals surface area contributed by atoms with Crippen molar-refractivity contribution >= 4 is 14.6 Å². The van der Waals surface area contributed by atoms with Gasteiger partial charge in [0.05, 0.1) is 6.20 Å². The lowest BCUT2D eigenvalue weighted by Crippen LogP contribution is -2.45. The van der Waals surface area contributed by atoms with Gasteiger partial charge in [0.25, 0.3) is 0 Å². The van der Waals surface area contributed by atoms with Crippen LogP contribution in [0.2, 0.25) is 6.04 Å². The number of nitrogens with zero attached hydrogens (tertiary/aromatic N) is 3. The molecule has 26 heavy (non-hydrogen) atoms. The Bertz CT molecular complexity index is 442. The third-order valence-electron chi connectivity index (χ3n) is 4.27. The third kappa shape index (κ3) is 9.66. The molecule has 0 amide bonds. The summed E-state index contributed by atoms with van der Waals surface area (Å²) in [6.07, 6.45) is 11.6. The highest BCUT2D eigenvalue weighted by Crippen LogP contribution is 2.20. The summed E-state index contributed by atoms with van der Waals surface area (Å²) in [6.45, 7) is 8.92. The van der Waals surface area contributed by atoms with Crippen molar-refractivity contribution in [3.8, 4) is 0 Å². The molecule has 1 aromatic heterocycles. The smallest absolute Gasteiger partial charge is 0.381 e. The first-order valence-corrected chi connectivity index (χ1v) is 12.2. The molecule has 0 atom stereocenters. The van der Waals surface area contributed by atoms with Gasteiger partial charge in [-0.25, -0.2) is 0 Å². The van der Waals surface area contributed by atoms with E-state index in [-0.39, 0.29) is 0 Å². The van der Waals surface area contributed by atoms with E-state index in [1.54, 1.807) is 6.20 Å². The van der Waals surface area contributed by atoms with Crippen LogP contribution in [0.4, 0.5) is 5.82 Å². The van der Waals surface area contributed by atoms with Crippen LogP contribution in [0.5, 0.6) is 0 Å². The van der Waals surface area contributed by atoms with Crippen molar-refractivity contribution in [3.05, 3.63) is 6.20 Å². The van der Waals surface area contributed by atoms with E-state index in [1.807, 2.05) is 25.5 Å². The summed E-state index contributed by atoms with van der Waals surface area (Å²) in [4.78, 5) is 0. The summed E-state index contributed by atoms with van der Waals surface area (Å²) in [7, 11) is -2.43. The molecule has 7 nitrogen and oxygen atoms in total. The molecule has 1 heterocycles. The first-order chi connectivity index (χ1) is 12.7. The van der Waals surface area contributed by atoms with E-state index in [0.29, 0.717) is 25.6 Å². The van der Waals surface area contributed by atoms with Crippen molar-refractivity contribution in [1.29, 1.82) is 0 Å². The normalized spacial score (nSPS) is 12.0. The van der Waals surface area contributed by atoms with Crippen LogP contribution in [0.3, 0.4) is 0 Å². The number of aromatic nitrogens is 3. The van der Waals surface area contributed by atoms with Crippen molar-refractivity contribution < 1.29 is 13.3 Å². The van der Waals surface area contributed by atoms with Crippen LogP contribution in [-0.4, -0.2) is 43.6 Å². The minimum absolute atomic E-state index is 0.495. The lowest BCUT2D eigenvalue weighted by molar-refractivity contribution is 0.0706. The zero-order valence-corrected chi connectivity index (χ0v) is 17.9. The predicted molar refractivity (Wildman–Crippen MR) is 107 cm³/mol. The fourth-order valence-electron chi connectivity index (χ4n) is 3.10. The molecule has 0 fully saturated rings. The number of hydrogen-bond acceptors (Lipinski definition) is 6. The molecule has 0 aliphatic rings. The van der Waals surface area contributed by atoms with Gasteiger partial charge < -0.3 is 19.0 Å². The largest absolute Gasteiger partial charge is 0.500 e. The molecule has 152 valence electrons. The Kier molecular flexibility index (Phi) is 12.5. The number of hydrogen-bond donors (Lipinski definition) is 1. The SMILES string of the molecule is CCO[Si](CCCCCCCCCCn1cc(N)nn1)(OCC)OCC. The first kappa shape index (κ1) is 23.1. The summed E-state index contributed by atoms with van der Waals surface area (Å²) in [5.74, 6) is 0.495. The average molecular weight is 387 g/mol. The number of aryl methyl sites for hydroxylation is 1. The van der Waals surface area contributed by atoms with Crippen LogP contribution in [0, 0.1) is 0 Å². The fraction of sp³-hybridized carbons (Fsp3) is 0.889. The fourth-order valence-corrected chi connectivity index (χ4v) is 5.79. The average Bonchev–Trinajstić information content (AvgIpc) is 3.02. The topological polar surface area (TPSA) is 84.4 Å². The van der Waals surface area contributed by atoms with Crippen molar-refractivity contribution in [2.24, 2.45) is 0 Å². The third-order valence-corrected chi connectivity index (χ3v) is 7.42. The second-order valence-electron chi connectivity index (χ2n) is 6.47. The number of anilines is 1. The summed E-state index contributed by atoms with van der Waals surface area (Å²) in [6, 6.07) is 0.934. The quantitative estimate of drug-likeness (QED) is 0.321. The second-order valence-corrected chi connectivity index (χ2v) is 9.20. The summed E-state index contributed by atoms with van der Waals surface area (Å²) in [5.41, 5.74) is 5.55. The van der Waals surface area contributed by atoms with Gasteiger partial charge in [0.15, 0.2) is 5.82 Å². The van der Waals surface area contributed by atoms with E-state index in [1.165, 1.54) is 38.5 Å². The molecule has 0 aliphatic carbocycles. The maximum Gasteiger partial charge on any atom is 0.500 e. The molecule has 0 radical (unpaired) electrons. The Labute approximate surface area is 159 Å². The number of nitrogens with two attached hydrogens (primary N) is 1. The summed E-state index contributed by atoms with van der Waals surface area (Å²) < 4.78 is 19.5. The Balaban J connectivity index is 2.03. The molecule has 0 saturated carbocycles. The summed E-state index contributed by atoms with van der Waals surface area (Å²) in [5, 5.41) is 7.75.